The summed E-state index contributed by atoms with van der Waals surface area (Å²) in [5.41, 5.74) is 7.76. The number of carbonyl (C=O) groups excluding carboxylic acids is 1. The van der Waals surface area contributed by atoms with Crippen molar-refractivity contribution in [3.63, 3.8) is 0 Å². The van der Waals surface area contributed by atoms with E-state index in [1.54, 1.807) is 0 Å². The van der Waals surface area contributed by atoms with E-state index >= 15 is 0 Å². The molecule has 7 heteroatoms. The summed E-state index contributed by atoms with van der Waals surface area (Å²) in [7, 11) is 0. The van der Waals surface area contributed by atoms with Crippen LogP contribution in [0.5, 0.6) is 5.75 Å². The van der Waals surface area contributed by atoms with Gasteiger partial charge in [-0.2, -0.15) is 0 Å². The Labute approximate surface area is 235 Å². The molecule has 0 saturated carbocycles. The lowest BCUT2D eigenvalue weighted by Crippen LogP contribution is -2.13. The van der Waals surface area contributed by atoms with Gasteiger partial charge in [-0.3, -0.25) is 15.1 Å². The summed E-state index contributed by atoms with van der Waals surface area (Å²) in [6, 6.07) is 27.7. The lowest BCUT2D eigenvalue weighted by atomic mass is 10.1. The maximum Gasteiger partial charge on any atom is 0.305 e. The number of benzene rings is 3. The Morgan fingerprint density at radius 2 is 1.65 bits per heavy atom. The van der Waals surface area contributed by atoms with Crippen LogP contribution in [0.1, 0.15) is 55.2 Å². The third kappa shape index (κ3) is 8.85. The second-order valence-electron chi connectivity index (χ2n) is 9.25. The molecule has 0 bridgehead atoms. The van der Waals surface area contributed by atoms with Crippen molar-refractivity contribution in [2.24, 2.45) is 0 Å². The quantitative estimate of drug-likeness (QED) is 0.0954. The first-order valence-electron chi connectivity index (χ1n) is 13.6. The summed E-state index contributed by atoms with van der Waals surface area (Å²) in [5, 5.41) is 0. The lowest BCUT2D eigenvalue weighted by Gasteiger charge is -2.12. The van der Waals surface area contributed by atoms with E-state index in [9.17, 15) is 4.79 Å². The van der Waals surface area contributed by atoms with Crippen molar-refractivity contribution in [3.05, 3.63) is 114 Å². The predicted molar refractivity (Wildman–Crippen MR) is 155 cm³/mol. The molecule has 3 aromatic carbocycles. The number of unbranched alkanes of at least 4 members (excludes halogenated alkanes) is 2. The monoisotopic (exact) mass is 540 g/mol. The topological polar surface area (TPSA) is 82.8 Å². The fourth-order valence-electron chi connectivity index (χ4n) is 4.03. The fourth-order valence-corrected chi connectivity index (χ4v) is 4.03. The highest BCUT2D eigenvalue weighted by atomic mass is 16.6. The molecule has 0 saturated heterocycles. The van der Waals surface area contributed by atoms with Crippen LogP contribution >= 0.6 is 0 Å². The minimum Gasteiger partial charge on any atom is -0.487 e. The lowest BCUT2D eigenvalue weighted by molar-refractivity contribution is -0.143. The molecule has 40 heavy (non-hydrogen) atoms. The summed E-state index contributed by atoms with van der Waals surface area (Å²) < 4.78 is 16.8. The van der Waals surface area contributed by atoms with E-state index in [0.717, 1.165) is 58.9 Å². The van der Waals surface area contributed by atoms with Crippen LogP contribution < -0.4 is 10.2 Å². The maximum absolute atomic E-state index is 11.5. The van der Waals surface area contributed by atoms with Gasteiger partial charge in [0, 0.05) is 12.0 Å². The number of aromatic nitrogens is 1. The standard InChI is InChI=1S/C33H36N2O5/c1-3-37-32(36)18-12-6-11-17-30(27-13-7-4-8-14-27)35-39-23-26-19-21-29(22-20-26)38-24-31-25(2)40-33(34-31)28-15-9-5-10-16-28/h4-5,7-10,13-17,19-22,35H,3,6,11-12,18,23-24H2,1-2H3. The van der Waals surface area contributed by atoms with Gasteiger partial charge in [-0.1, -0.05) is 66.7 Å². The van der Waals surface area contributed by atoms with Crippen molar-refractivity contribution in [1.29, 1.82) is 0 Å². The molecule has 0 aliphatic heterocycles. The third-order valence-corrected chi connectivity index (χ3v) is 6.21. The van der Waals surface area contributed by atoms with Crippen molar-refractivity contribution in [1.82, 2.24) is 10.5 Å². The molecule has 4 rings (SSSR count). The number of hydrogen-bond donors (Lipinski definition) is 1. The van der Waals surface area contributed by atoms with Gasteiger partial charge in [0.2, 0.25) is 5.89 Å². The molecular weight excluding hydrogens is 504 g/mol. The molecule has 7 nitrogen and oxygen atoms in total. The van der Waals surface area contributed by atoms with Gasteiger partial charge in [-0.25, -0.2) is 4.98 Å². The van der Waals surface area contributed by atoms with Gasteiger partial charge in [-0.05, 0) is 68.5 Å². The molecule has 0 aliphatic carbocycles. The Balaban J connectivity index is 1.25. The number of nitrogens with zero attached hydrogens (tertiary/aromatic N) is 1. The van der Waals surface area contributed by atoms with Crippen molar-refractivity contribution in [2.45, 2.75) is 52.7 Å². The molecule has 208 valence electrons. The molecule has 1 heterocycles. The molecule has 1 aromatic heterocycles. The smallest absolute Gasteiger partial charge is 0.305 e. The fraction of sp³-hybridized carbons (Fsp3) is 0.273. The van der Waals surface area contributed by atoms with Crippen molar-refractivity contribution in [3.8, 4) is 17.2 Å². The Morgan fingerprint density at radius 1 is 0.925 bits per heavy atom. The van der Waals surface area contributed by atoms with Crippen molar-refractivity contribution in [2.75, 3.05) is 6.61 Å². The van der Waals surface area contributed by atoms with Crippen molar-refractivity contribution < 1.29 is 23.5 Å². The molecule has 4 aromatic rings. The molecule has 0 radical (unpaired) electrons. The maximum atomic E-state index is 11.5. The summed E-state index contributed by atoms with van der Waals surface area (Å²) in [5.74, 6) is 1.94. The zero-order chi connectivity index (χ0) is 28.0. The number of esters is 1. The highest BCUT2D eigenvalue weighted by molar-refractivity contribution is 5.69. The van der Waals surface area contributed by atoms with E-state index in [1.165, 1.54) is 0 Å². The number of ether oxygens (including phenoxy) is 2. The highest BCUT2D eigenvalue weighted by Gasteiger charge is 2.12. The minimum atomic E-state index is -0.141. The Kier molecular flexibility index (Phi) is 10.9. The molecular formula is C33H36N2O5. The summed E-state index contributed by atoms with van der Waals surface area (Å²) >= 11 is 0. The SMILES string of the molecule is CCOC(=O)CCCCC=C(NOCc1ccc(OCc2nc(-c3ccccc3)oc2C)cc1)c1ccccc1. The number of nitrogens with one attached hydrogen (secondary N) is 1. The zero-order valence-corrected chi connectivity index (χ0v) is 23.1. The molecule has 0 aliphatic rings. The average Bonchev–Trinajstić information content (AvgIpc) is 3.37. The van der Waals surface area contributed by atoms with Gasteiger partial charge >= 0.3 is 5.97 Å². The number of rotatable bonds is 15. The molecule has 1 N–H and O–H groups in total. The Bertz CT molecular complexity index is 1350. The van der Waals surface area contributed by atoms with Crippen molar-refractivity contribution >= 4 is 11.7 Å². The number of aryl methyl sites for hydroxylation is 1. The molecule has 0 spiro atoms. The van der Waals surface area contributed by atoms with Crippen LogP contribution in [0, 0.1) is 6.92 Å². The predicted octanol–water partition coefficient (Wildman–Crippen LogP) is 7.41. The van der Waals surface area contributed by atoms with E-state index in [1.807, 2.05) is 98.8 Å². The number of hydrogen-bond acceptors (Lipinski definition) is 7. The van der Waals surface area contributed by atoms with E-state index in [0.29, 0.717) is 32.1 Å². The average molecular weight is 541 g/mol. The normalized spacial score (nSPS) is 11.3. The van der Waals surface area contributed by atoms with E-state index in [-0.39, 0.29) is 5.97 Å². The highest BCUT2D eigenvalue weighted by Crippen LogP contribution is 2.23. The summed E-state index contributed by atoms with van der Waals surface area (Å²) in [4.78, 5) is 22.0. The van der Waals surface area contributed by atoms with Crippen LogP contribution in [0.3, 0.4) is 0 Å². The number of carbonyl (C=O) groups is 1. The van der Waals surface area contributed by atoms with Crippen LogP contribution in [0.2, 0.25) is 0 Å². The summed E-state index contributed by atoms with van der Waals surface area (Å²) in [6.45, 7) is 4.85. The zero-order valence-electron chi connectivity index (χ0n) is 23.1. The largest absolute Gasteiger partial charge is 0.487 e. The molecule has 0 unspecified atom stereocenters. The van der Waals surface area contributed by atoms with Crippen LogP contribution in [-0.4, -0.2) is 17.6 Å². The van der Waals surface area contributed by atoms with Crippen LogP contribution in [0.25, 0.3) is 17.2 Å². The first kappa shape index (κ1) is 28.6. The number of oxazole rings is 1. The first-order valence-corrected chi connectivity index (χ1v) is 13.6. The first-order chi connectivity index (χ1) is 19.6. The molecule has 0 fully saturated rings. The molecule has 0 atom stereocenters. The van der Waals surface area contributed by atoms with Gasteiger partial charge < -0.3 is 13.9 Å². The van der Waals surface area contributed by atoms with Crippen LogP contribution in [-0.2, 0) is 27.6 Å². The van der Waals surface area contributed by atoms with Gasteiger partial charge in [0.1, 0.15) is 23.8 Å². The Hall–Kier alpha value is -4.36. The van der Waals surface area contributed by atoms with Gasteiger partial charge in [0.25, 0.3) is 0 Å². The van der Waals surface area contributed by atoms with E-state index in [2.05, 4.69) is 16.5 Å². The Morgan fingerprint density at radius 3 is 2.38 bits per heavy atom. The summed E-state index contributed by atoms with van der Waals surface area (Å²) in [6.07, 6.45) is 5.05. The van der Waals surface area contributed by atoms with Crippen LogP contribution in [0.15, 0.2) is 95.4 Å². The van der Waals surface area contributed by atoms with E-state index < -0.39 is 0 Å². The number of allylic oxidation sites excluding steroid dienone is 1. The van der Waals surface area contributed by atoms with Gasteiger partial charge in [0.15, 0.2) is 0 Å². The molecule has 0 amide bonds. The third-order valence-electron chi connectivity index (χ3n) is 6.21. The minimum absolute atomic E-state index is 0.141. The second kappa shape index (κ2) is 15.3. The van der Waals surface area contributed by atoms with Gasteiger partial charge in [0.05, 0.1) is 18.9 Å². The second-order valence-corrected chi connectivity index (χ2v) is 9.25. The van der Waals surface area contributed by atoms with Crippen LogP contribution in [0.4, 0.5) is 0 Å². The van der Waals surface area contributed by atoms with Gasteiger partial charge in [-0.15, -0.1) is 0 Å². The number of hydroxylamine groups is 1. The van der Waals surface area contributed by atoms with E-state index in [4.69, 9.17) is 18.7 Å².